The van der Waals surface area contributed by atoms with E-state index in [9.17, 15) is 8.78 Å². The molecule has 0 bridgehead atoms. The summed E-state index contributed by atoms with van der Waals surface area (Å²) in [6.07, 6.45) is 3.59. The molecule has 1 aliphatic rings. The third-order valence-electron chi connectivity index (χ3n) is 4.13. The number of alkyl halides is 2. The van der Waals surface area contributed by atoms with Gasteiger partial charge in [-0.1, -0.05) is 11.6 Å². The van der Waals surface area contributed by atoms with Crippen LogP contribution in [0.2, 0.25) is 5.02 Å². The summed E-state index contributed by atoms with van der Waals surface area (Å²) >= 11 is 6.00. The van der Waals surface area contributed by atoms with Crippen molar-refractivity contribution in [2.75, 3.05) is 25.0 Å². The summed E-state index contributed by atoms with van der Waals surface area (Å²) in [5.41, 5.74) is 1.88. The Balaban J connectivity index is 1.53. The van der Waals surface area contributed by atoms with Crippen LogP contribution in [0.3, 0.4) is 0 Å². The van der Waals surface area contributed by atoms with Gasteiger partial charge in [-0.3, -0.25) is 9.88 Å². The van der Waals surface area contributed by atoms with Gasteiger partial charge in [0.15, 0.2) is 0 Å². The number of anilines is 1. The van der Waals surface area contributed by atoms with E-state index in [1.807, 2.05) is 24.3 Å². The van der Waals surface area contributed by atoms with Gasteiger partial charge in [-0.05, 0) is 50.6 Å². The first-order chi connectivity index (χ1) is 10.9. The number of nitrogens with zero attached hydrogens (tertiary/aromatic N) is 2. The Morgan fingerprint density at radius 1 is 1.35 bits per heavy atom. The van der Waals surface area contributed by atoms with Crippen LogP contribution >= 0.6 is 11.6 Å². The number of fused-ring (bicyclic) bond motifs is 1. The minimum Gasteiger partial charge on any atom is -0.382 e. The largest absolute Gasteiger partial charge is 0.382 e. The molecule has 1 saturated heterocycles. The summed E-state index contributed by atoms with van der Waals surface area (Å²) < 4.78 is 25.5. The Morgan fingerprint density at radius 3 is 2.87 bits per heavy atom. The number of nitrogens with one attached hydrogen (secondary N) is 1. The molecule has 2 aromatic rings. The van der Waals surface area contributed by atoms with Crippen LogP contribution in [0.15, 0.2) is 30.5 Å². The van der Waals surface area contributed by atoms with Crippen molar-refractivity contribution < 1.29 is 8.78 Å². The molecule has 1 aliphatic heterocycles. The number of hydrogen-bond donors (Lipinski definition) is 1. The Morgan fingerprint density at radius 2 is 2.13 bits per heavy atom. The number of rotatable bonds is 6. The molecule has 0 amide bonds. The van der Waals surface area contributed by atoms with Gasteiger partial charge in [-0.2, -0.15) is 0 Å². The number of hydrogen-bond acceptors (Lipinski definition) is 3. The van der Waals surface area contributed by atoms with E-state index in [1.165, 1.54) is 0 Å². The third kappa shape index (κ3) is 4.09. The summed E-state index contributed by atoms with van der Waals surface area (Å²) in [5.74, 6) is -2.47. The molecule has 1 unspecified atom stereocenters. The van der Waals surface area contributed by atoms with E-state index < -0.39 is 5.92 Å². The van der Waals surface area contributed by atoms with Crippen LogP contribution in [-0.2, 0) is 0 Å². The molecule has 23 heavy (non-hydrogen) atoms. The van der Waals surface area contributed by atoms with Crippen molar-refractivity contribution in [1.82, 2.24) is 9.88 Å². The van der Waals surface area contributed by atoms with Crippen LogP contribution in [0.1, 0.15) is 19.8 Å². The van der Waals surface area contributed by atoms with Gasteiger partial charge in [0, 0.05) is 28.3 Å². The van der Waals surface area contributed by atoms with Gasteiger partial charge >= 0.3 is 0 Å². The molecule has 6 heteroatoms. The minimum atomic E-state index is -2.47. The minimum absolute atomic E-state index is 0.0927. The lowest BCUT2D eigenvalue weighted by Crippen LogP contribution is -2.56. The number of benzene rings is 1. The molecule has 0 saturated carbocycles. The van der Waals surface area contributed by atoms with E-state index in [0.29, 0.717) is 5.02 Å². The van der Waals surface area contributed by atoms with E-state index in [1.54, 1.807) is 11.1 Å². The Labute approximate surface area is 139 Å². The second-order valence-electron chi connectivity index (χ2n) is 6.27. The molecular formula is C17H20ClF2N3. The second kappa shape index (κ2) is 6.57. The van der Waals surface area contributed by atoms with Crippen molar-refractivity contribution in [2.24, 2.45) is 0 Å². The van der Waals surface area contributed by atoms with Crippen LogP contribution < -0.4 is 5.32 Å². The van der Waals surface area contributed by atoms with Gasteiger partial charge in [0.05, 0.1) is 18.6 Å². The van der Waals surface area contributed by atoms with Gasteiger partial charge < -0.3 is 5.32 Å². The van der Waals surface area contributed by atoms with Crippen molar-refractivity contribution in [3.8, 4) is 0 Å². The Bertz CT molecular complexity index is 685. The second-order valence-corrected chi connectivity index (χ2v) is 6.71. The van der Waals surface area contributed by atoms with Crippen molar-refractivity contribution in [2.45, 2.75) is 31.7 Å². The predicted molar refractivity (Wildman–Crippen MR) is 90.5 cm³/mol. The lowest BCUT2D eigenvalue weighted by atomic mass is 10.1. The van der Waals surface area contributed by atoms with Gasteiger partial charge in [0.2, 0.25) is 0 Å². The Kier molecular flexibility index (Phi) is 4.69. The summed E-state index contributed by atoms with van der Waals surface area (Å²) in [6, 6.07) is 7.87. The summed E-state index contributed by atoms with van der Waals surface area (Å²) in [6.45, 7) is 2.65. The smallest absolute Gasteiger partial charge is 0.272 e. The lowest BCUT2D eigenvalue weighted by Gasteiger charge is -2.38. The highest BCUT2D eigenvalue weighted by atomic mass is 35.5. The maximum Gasteiger partial charge on any atom is 0.272 e. The number of likely N-dealkylation sites (tertiary alicyclic amines) is 1. The van der Waals surface area contributed by atoms with Crippen LogP contribution in [0.5, 0.6) is 0 Å². The van der Waals surface area contributed by atoms with Crippen LogP contribution in [0, 0.1) is 0 Å². The molecular weight excluding hydrogens is 320 g/mol. The highest BCUT2D eigenvalue weighted by Crippen LogP contribution is 2.27. The van der Waals surface area contributed by atoms with E-state index in [-0.39, 0.29) is 19.1 Å². The first-order valence-corrected chi connectivity index (χ1v) is 8.22. The number of aromatic nitrogens is 1. The maximum absolute atomic E-state index is 12.8. The fourth-order valence-electron chi connectivity index (χ4n) is 2.97. The standard InChI is InChI=1S/C17H20ClF2N3/c1-12(3-2-8-23-10-17(19,20)11-23)22-15-6-7-21-16-9-13(18)4-5-14(15)16/h4-7,9,12H,2-3,8,10-11H2,1H3,(H,21,22). The molecule has 0 radical (unpaired) electrons. The molecule has 1 N–H and O–H groups in total. The quantitative estimate of drug-likeness (QED) is 0.844. The van der Waals surface area contributed by atoms with Crippen molar-refractivity contribution in [1.29, 1.82) is 0 Å². The van der Waals surface area contributed by atoms with Crippen molar-refractivity contribution in [3.05, 3.63) is 35.5 Å². The van der Waals surface area contributed by atoms with Crippen LogP contribution in [0.4, 0.5) is 14.5 Å². The van der Waals surface area contributed by atoms with Gasteiger partial charge in [-0.15, -0.1) is 0 Å². The zero-order valence-corrected chi connectivity index (χ0v) is 13.8. The lowest BCUT2D eigenvalue weighted by molar-refractivity contribution is -0.130. The van der Waals surface area contributed by atoms with E-state index in [0.717, 1.165) is 36.0 Å². The van der Waals surface area contributed by atoms with E-state index in [2.05, 4.69) is 17.2 Å². The van der Waals surface area contributed by atoms with Gasteiger partial charge in [-0.25, -0.2) is 8.78 Å². The van der Waals surface area contributed by atoms with Gasteiger partial charge in [0.1, 0.15) is 0 Å². The number of pyridine rings is 1. The molecule has 0 aliphatic carbocycles. The maximum atomic E-state index is 12.8. The predicted octanol–water partition coefficient (Wildman–Crippen LogP) is 4.42. The highest BCUT2D eigenvalue weighted by Gasteiger charge is 2.43. The molecule has 124 valence electrons. The van der Waals surface area contributed by atoms with Gasteiger partial charge in [0.25, 0.3) is 5.92 Å². The molecule has 3 rings (SSSR count). The summed E-state index contributed by atoms with van der Waals surface area (Å²) in [4.78, 5) is 6.13. The molecule has 2 heterocycles. The van der Waals surface area contributed by atoms with Crippen LogP contribution in [0.25, 0.3) is 10.9 Å². The average molecular weight is 340 g/mol. The first kappa shape index (κ1) is 16.4. The Hall–Kier alpha value is -1.46. The molecule has 3 nitrogen and oxygen atoms in total. The molecule has 1 aromatic heterocycles. The first-order valence-electron chi connectivity index (χ1n) is 7.84. The highest BCUT2D eigenvalue weighted by molar-refractivity contribution is 6.31. The fourth-order valence-corrected chi connectivity index (χ4v) is 3.14. The number of halogens is 3. The van der Waals surface area contributed by atoms with E-state index in [4.69, 9.17) is 11.6 Å². The molecule has 1 aromatic carbocycles. The molecule has 1 atom stereocenters. The monoisotopic (exact) mass is 339 g/mol. The topological polar surface area (TPSA) is 28.2 Å². The SMILES string of the molecule is CC(CCCN1CC(F)(F)C1)Nc1ccnc2cc(Cl)ccc12. The average Bonchev–Trinajstić information content (AvgIpc) is 2.45. The molecule has 1 fully saturated rings. The van der Waals surface area contributed by atoms with Crippen molar-refractivity contribution >= 4 is 28.2 Å². The van der Waals surface area contributed by atoms with Crippen molar-refractivity contribution in [3.63, 3.8) is 0 Å². The summed E-state index contributed by atoms with van der Waals surface area (Å²) in [5, 5.41) is 5.18. The van der Waals surface area contributed by atoms with E-state index >= 15 is 0 Å². The molecule has 0 spiro atoms. The fraction of sp³-hybridized carbons (Fsp3) is 0.471. The van der Waals surface area contributed by atoms with Crippen LogP contribution in [-0.4, -0.2) is 41.5 Å². The zero-order valence-electron chi connectivity index (χ0n) is 13.0. The normalized spacial score (nSPS) is 18.6. The third-order valence-corrected chi connectivity index (χ3v) is 4.36. The zero-order chi connectivity index (χ0) is 16.4. The summed E-state index contributed by atoms with van der Waals surface area (Å²) in [7, 11) is 0.